The molecule has 2 N–H and O–H groups in total. The molecule has 1 aromatic heterocycles. The summed E-state index contributed by atoms with van der Waals surface area (Å²) >= 11 is 5.72. The maximum Gasteiger partial charge on any atom is 0.260 e. The Morgan fingerprint density at radius 3 is 2.70 bits per heavy atom. The van der Waals surface area contributed by atoms with Gasteiger partial charge in [-0.3, -0.25) is 9.59 Å². The average Bonchev–Trinajstić information content (AvgIpc) is 2.43. The fourth-order valence-electron chi connectivity index (χ4n) is 1.69. The minimum Gasteiger partial charge on any atom is -0.352 e. The number of nitrogens with one attached hydrogen (secondary N) is 2. The zero-order chi connectivity index (χ0) is 14.5. The second kappa shape index (κ2) is 6.34. The van der Waals surface area contributed by atoms with E-state index >= 15 is 0 Å². The summed E-state index contributed by atoms with van der Waals surface area (Å²) in [7, 11) is 0. The summed E-state index contributed by atoms with van der Waals surface area (Å²) in [6, 6.07) is 7.33. The van der Waals surface area contributed by atoms with E-state index < -0.39 is 11.5 Å². The first-order chi connectivity index (χ1) is 9.56. The Morgan fingerprint density at radius 1 is 1.30 bits per heavy atom. The van der Waals surface area contributed by atoms with Crippen molar-refractivity contribution in [3.63, 3.8) is 0 Å². The van der Waals surface area contributed by atoms with Gasteiger partial charge in [-0.25, -0.2) is 4.39 Å². The molecular weight excluding hydrogens is 283 g/mol. The number of aromatic nitrogens is 1. The molecule has 0 fully saturated rings. The summed E-state index contributed by atoms with van der Waals surface area (Å²) < 4.78 is 12.7. The standard InChI is InChI=1S/C14H12ClFN2O2/c15-10-7-12(14(20)18-8-10)13(19)17-6-5-9-1-3-11(16)4-2-9/h1-4,7-8H,5-6H2,(H,17,19)(H,18,20). The van der Waals surface area contributed by atoms with Crippen molar-refractivity contribution < 1.29 is 9.18 Å². The highest BCUT2D eigenvalue weighted by Crippen LogP contribution is 2.06. The van der Waals surface area contributed by atoms with E-state index in [0.717, 1.165) is 5.56 Å². The van der Waals surface area contributed by atoms with Gasteiger partial charge in [0.15, 0.2) is 0 Å². The Hall–Kier alpha value is -2.14. The number of pyridine rings is 1. The second-order valence-corrected chi connectivity index (χ2v) is 4.63. The smallest absolute Gasteiger partial charge is 0.260 e. The Labute approximate surface area is 119 Å². The minimum atomic E-state index is -0.492. The molecule has 4 nitrogen and oxygen atoms in total. The fourth-order valence-corrected chi connectivity index (χ4v) is 1.86. The molecule has 2 rings (SSSR count). The lowest BCUT2D eigenvalue weighted by Crippen LogP contribution is -2.30. The summed E-state index contributed by atoms with van der Waals surface area (Å²) in [6.07, 6.45) is 1.86. The van der Waals surface area contributed by atoms with Gasteiger partial charge < -0.3 is 10.3 Å². The van der Waals surface area contributed by atoms with E-state index in [-0.39, 0.29) is 16.4 Å². The highest BCUT2D eigenvalue weighted by atomic mass is 35.5. The highest BCUT2D eigenvalue weighted by Gasteiger charge is 2.10. The van der Waals surface area contributed by atoms with Crippen LogP contribution in [0.2, 0.25) is 5.02 Å². The number of hydrogen-bond acceptors (Lipinski definition) is 2. The molecule has 104 valence electrons. The normalized spacial score (nSPS) is 10.3. The maximum absolute atomic E-state index is 12.7. The molecule has 0 unspecified atom stereocenters. The molecule has 1 aromatic carbocycles. The van der Waals surface area contributed by atoms with Crippen LogP contribution in [0.1, 0.15) is 15.9 Å². The van der Waals surface area contributed by atoms with Crippen LogP contribution in [0.3, 0.4) is 0 Å². The number of aromatic amines is 1. The third kappa shape index (κ3) is 3.68. The van der Waals surface area contributed by atoms with Crippen molar-refractivity contribution >= 4 is 17.5 Å². The molecule has 0 atom stereocenters. The maximum atomic E-state index is 12.7. The number of carbonyl (C=O) groups is 1. The predicted molar refractivity (Wildman–Crippen MR) is 74.5 cm³/mol. The topological polar surface area (TPSA) is 62.0 Å². The van der Waals surface area contributed by atoms with Crippen LogP contribution in [0.4, 0.5) is 4.39 Å². The Bertz CT molecular complexity index is 668. The largest absolute Gasteiger partial charge is 0.352 e. The van der Waals surface area contributed by atoms with Crippen molar-refractivity contribution in [1.82, 2.24) is 10.3 Å². The number of halogens is 2. The van der Waals surface area contributed by atoms with Gasteiger partial charge in [0.2, 0.25) is 0 Å². The van der Waals surface area contributed by atoms with E-state index in [0.29, 0.717) is 13.0 Å². The van der Waals surface area contributed by atoms with E-state index in [1.165, 1.54) is 24.4 Å². The van der Waals surface area contributed by atoms with Gasteiger partial charge in [0, 0.05) is 12.7 Å². The molecule has 0 saturated carbocycles. The number of amides is 1. The molecule has 0 aliphatic heterocycles. The van der Waals surface area contributed by atoms with Crippen LogP contribution in [0.5, 0.6) is 0 Å². The first kappa shape index (κ1) is 14.3. The molecule has 1 amide bonds. The summed E-state index contributed by atoms with van der Waals surface area (Å²) in [4.78, 5) is 25.7. The lowest BCUT2D eigenvalue weighted by molar-refractivity contribution is 0.0952. The van der Waals surface area contributed by atoms with Crippen LogP contribution in [-0.2, 0) is 6.42 Å². The molecule has 0 saturated heterocycles. The molecule has 1 heterocycles. The summed E-state index contributed by atoms with van der Waals surface area (Å²) in [6.45, 7) is 0.344. The summed E-state index contributed by atoms with van der Waals surface area (Å²) in [5, 5.41) is 2.90. The van der Waals surface area contributed by atoms with Gasteiger partial charge in [-0.2, -0.15) is 0 Å². The third-order valence-electron chi connectivity index (χ3n) is 2.73. The van der Waals surface area contributed by atoms with Gasteiger partial charge >= 0.3 is 0 Å². The fraction of sp³-hybridized carbons (Fsp3) is 0.143. The van der Waals surface area contributed by atoms with E-state index in [2.05, 4.69) is 10.3 Å². The van der Waals surface area contributed by atoms with E-state index in [4.69, 9.17) is 11.6 Å². The average molecular weight is 295 g/mol. The van der Waals surface area contributed by atoms with E-state index in [1.54, 1.807) is 12.1 Å². The summed E-state index contributed by atoms with van der Waals surface area (Å²) in [5.74, 6) is -0.792. The molecule has 6 heteroatoms. The lowest BCUT2D eigenvalue weighted by Gasteiger charge is -2.05. The van der Waals surface area contributed by atoms with Crippen molar-refractivity contribution in [2.75, 3.05) is 6.54 Å². The molecule has 0 spiro atoms. The molecular formula is C14H12ClFN2O2. The Kier molecular flexibility index (Phi) is 4.53. The van der Waals surface area contributed by atoms with Crippen LogP contribution < -0.4 is 10.9 Å². The van der Waals surface area contributed by atoms with Gasteiger partial charge in [0.05, 0.1) is 5.02 Å². The predicted octanol–water partition coefficient (Wildman–Crippen LogP) is 2.14. The van der Waals surface area contributed by atoms with E-state index in [9.17, 15) is 14.0 Å². The first-order valence-corrected chi connectivity index (χ1v) is 6.35. The van der Waals surface area contributed by atoms with Crippen molar-refractivity contribution in [1.29, 1.82) is 0 Å². The van der Waals surface area contributed by atoms with Crippen molar-refractivity contribution in [2.24, 2.45) is 0 Å². The van der Waals surface area contributed by atoms with Crippen molar-refractivity contribution in [3.8, 4) is 0 Å². The van der Waals surface area contributed by atoms with Gasteiger partial charge in [-0.15, -0.1) is 0 Å². The molecule has 0 radical (unpaired) electrons. The number of H-pyrrole nitrogens is 1. The quantitative estimate of drug-likeness (QED) is 0.907. The zero-order valence-electron chi connectivity index (χ0n) is 10.5. The van der Waals surface area contributed by atoms with Gasteiger partial charge in [-0.1, -0.05) is 23.7 Å². The molecule has 0 bridgehead atoms. The third-order valence-corrected chi connectivity index (χ3v) is 2.94. The number of rotatable bonds is 4. The monoisotopic (exact) mass is 294 g/mol. The summed E-state index contributed by atoms with van der Waals surface area (Å²) in [5.41, 5.74) is 0.372. The van der Waals surface area contributed by atoms with E-state index in [1.807, 2.05) is 0 Å². The van der Waals surface area contributed by atoms with Gasteiger partial charge in [-0.05, 0) is 30.2 Å². The molecule has 2 aromatic rings. The second-order valence-electron chi connectivity index (χ2n) is 4.19. The highest BCUT2D eigenvalue weighted by molar-refractivity contribution is 6.30. The number of benzene rings is 1. The number of hydrogen-bond donors (Lipinski definition) is 2. The van der Waals surface area contributed by atoms with Crippen LogP contribution in [0, 0.1) is 5.82 Å². The first-order valence-electron chi connectivity index (χ1n) is 5.97. The van der Waals surface area contributed by atoms with Crippen molar-refractivity contribution in [3.05, 3.63) is 68.8 Å². The molecule has 20 heavy (non-hydrogen) atoms. The molecule has 0 aliphatic carbocycles. The minimum absolute atomic E-state index is 0.0309. The Morgan fingerprint density at radius 2 is 2.00 bits per heavy atom. The molecule has 0 aliphatic rings. The number of carbonyl (C=O) groups excluding carboxylic acids is 1. The zero-order valence-corrected chi connectivity index (χ0v) is 11.2. The SMILES string of the molecule is O=C(NCCc1ccc(F)cc1)c1cc(Cl)c[nH]c1=O. The lowest BCUT2D eigenvalue weighted by atomic mass is 10.1. The van der Waals surface area contributed by atoms with Crippen LogP contribution in [0.25, 0.3) is 0 Å². The van der Waals surface area contributed by atoms with Crippen LogP contribution in [-0.4, -0.2) is 17.4 Å². The van der Waals surface area contributed by atoms with Gasteiger partial charge in [0.1, 0.15) is 11.4 Å². The van der Waals surface area contributed by atoms with Crippen LogP contribution in [0.15, 0.2) is 41.3 Å². The van der Waals surface area contributed by atoms with Gasteiger partial charge in [0.25, 0.3) is 11.5 Å². The van der Waals surface area contributed by atoms with Crippen LogP contribution >= 0.6 is 11.6 Å². The Balaban J connectivity index is 1.94. The van der Waals surface area contributed by atoms with Crippen molar-refractivity contribution in [2.45, 2.75) is 6.42 Å².